The first-order chi connectivity index (χ1) is 9.17. The number of hydrogen-bond donors (Lipinski definition) is 1. The summed E-state index contributed by atoms with van der Waals surface area (Å²) >= 11 is 0. The van der Waals surface area contributed by atoms with Crippen LogP contribution in [0.2, 0.25) is 0 Å². The lowest BCUT2D eigenvalue weighted by molar-refractivity contribution is 0.0906. The van der Waals surface area contributed by atoms with Crippen molar-refractivity contribution in [3.8, 4) is 0 Å². The van der Waals surface area contributed by atoms with E-state index in [0.29, 0.717) is 11.1 Å². The highest BCUT2D eigenvalue weighted by Gasteiger charge is 2.21. The quantitative estimate of drug-likeness (QED) is 0.751. The van der Waals surface area contributed by atoms with E-state index in [2.05, 4.69) is 18.8 Å². The Morgan fingerprint density at radius 2 is 1.95 bits per heavy atom. The van der Waals surface area contributed by atoms with Crippen LogP contribution in [-0.4, -0.2) is 10.8 Å². The molecule has 2 nitrogen and oxygen atoms in total. The first kappa shape index (κ1) is 13.8. The average Bonchev–Trinajstić information content (AvgIpc) is 2.80. The van der Waals surface area contributed by atoms with Gasteiger partial charge in [0.15, 0.2) is 5.78 Å². The third-order valence-electron chi connectivity index (χ3n) is 3.55. The summed E-state index contributed by atoms with van der Waals surface area (Å²) in [6, 6.07) is 4.52. The largest absolute Gasteiger partial charge is 0.360 e. The van der Waals surface area contributed by atoms with Gasteiger partial charge in [0.05, 0.1) is 0 Å². The molecule has 0 saturated carbocycles. The van der Waals surface area contributed by atoms with Gasteiger partial charge >= 0.3 is 0 Å². The number of carbonyl (C=O) groups excluding carboxylic acids is 1. The van der Waals surface area contributed by atoms with Gasteiger partial charge in [-0.05, 0) is 31.0 Å². The number of rotatable bonds is 6. The number of carbonyl (C=O) groups is 1. The maximum absolute atomic E-state index is 13.1. The molecule has 19 heavy (non-hydrogen) atoms. The van der Waals surface area contributed by atoms with Gasteiger partial charge in [-0.2, -0.15) is 0 Å². The Bertz CT molecular complexity index is 567. The van der Waals surface area contributed by atoms with Gasteiger partial charge in [-0.1, -0.05) is 26.7 Å². The summed E-state index contributed by atoms with van der Waals surface area (Å²) in [6.07, 6.45) is 5.56. The number of ketones is 1. The monoisotopic (exact) mass is 261 g/mol. The molecule has 0 spiro atoms. The second kappa shape index (κ2) is 6.00. The summed E-state index contributed by atoms with van der Waals surface area (Å²) in [6.45, 7) is 4.20. The molecule has 0 atom stereocenters. The summed E-state index contributed by atoms with van der Waals surface area (Å²) in [7, 11) is 0. The highest BCUT2D eigenvalue weighted by molar-refractivity contribution is 6.08. The van der Waals surface area contributed by atoms with Gasteiger partial charge in [-0.3, -0.25) is 4.79 Å². The Morgan fingerprint density at radius 1 is 1.26 bits per heavy atom. The van der Waals surface area contributed by atoms with Crippen LogP contribution in [0.1, 0.15) is 49.9 Å². The van der Waals surface area contributed by atoms with Crippen LogP contribution >= 0.6 is 0 Å². The molecule has 3 heteroatoms. The molecule has 0 saturated heterocycles. The maximum Gasteiger partial charge on any atom is 0.168 e. The fourth-order valence-electron chi connectivity index (χ4n) is 2.63. The van der Waals surface area contributed by atoms with Gasteiger partial charge in [-0.15, -0.1) is 0 Å². The summed E-state index contributed by atoms with van der Waals surface area (Å²) in [4.78, 5) is 15.6. The average molecular weight is 261 g/mol. The Labute approximate surface area is 113 Å². The Kier molecular flexibility index (Phi) is 4.35. The van der Waals surface area contributed by atoms with Gasteiger partial charge < -0.3 is 4.98 Å². The number of aromatic amines is 1. The minimum Gasteiger partial charge on any atom is -0.360 e. The van der Waals surface area contributed by atoms with Crippen LogP contribution in [0.5, 0.6) is 0 Å². The zero-order chi connectivity index (χ0) is 13.8. The fourth-order valence-corrected chi connectivity index (χ4v) is 2.63. The smallest absolute Gasteiger partial charge is 0.168 e. The molecule has 0 fully saturated rings. The second-order valence-electron chi connectivity index (χ2n) is 5.03. The van der Waals surface area contributed by atoms with E-state index in [0.717, 1.165) is 31.1 Å². The summed E-state index contributed by atoms with van der Waals surface area (Å²) < 4.78 is 13.1. The highest BCUT2D eigenvalue weighted by atomic mass is 19.1. The number of H-pyrrole nitrogens is 1. The molecular formula is C16H20FNO. The summed E-state index contributed by atoms with van der Waals surface area (Å²) in [5.41, 5.74) is 1.39. The molecule has 1 aromatic heterocycles. The van der Waals surface area contributed by atoms with Crippen LogP contribution in [0.3, 0.4) is 0 Å². The topological polar surface area (TPSA) is 32.9 Å². The van der Waals surface area contributed by atoms with Crippen LogP contribution in [0.25, 0.3) is 10.9 Å². The lowest BCUT2D eigenvalue weighted by Crippen LogP contribution is -2.14. The molecule has 0 aliphatic heterocycles. The van der Waals surface area contributed by atoms with Crippen molar-refractivity contribution in [3.05, 3.63) is 35.8 Å². The van der Waals surface area contributed by atoms with Crippen LogP contribution in [-0.2, 0) is 0 Å². The predicted octanol–water partition coefficient (Wildman–Crippen LogP) is 4.71. The molecule has 0 radical (unpaired) electrons. The lowest BCUT2D eigenvalue weighted by Gasteiger charge is -2.13. The van der Waals surface area contributed by atoms with Crippen molar-refractivity contribution in [2.45, 2.75) is 39.5 Å². The second-order valence-corrected chi connectivity index (χ2v) is 5.03. The van der Waals surface area contributed by atoms with Gasteiger partial charge in [0.25, 0.3) is 0 Å². The van der Waals surface area contributed by atoms with Crippen LogP contribution in [0.15, 0.2) is 24.4 Å². The molecule has 1 aromatic carbocycles. The number of Topliss-reactive ketones (excluding diaryl/α,β-unsaturated/α-hetero) is 1. The Morgan fingerprint density at radius 3 is 2.58 bits per heavy atom. The third kappa shape index (κ3) is 2.86. The standard InChI is InChI=1S/C16H20FNO/c1-3-5-11(6-4-2)16(19)14-10-18-15-9-12(17)7-8-13(14)15/h7-11,18H,3-6H2,1-2H3. The maximum atomic E-state index is 13.1. The summed E-state index contributed by atoms with van der Waals surface area (Å²) in [5.74, 6) is -0.0207. The van der Waals surface area contributed by atoms with Gasteiger partial charge in [-0.25, -0.2) is 4.39 Å². The van der Waals surface area contributed by atoms with E-state index in [1.807, 2.05) is 0 Å². The number of aromatic nitrogens is 1. The number of nitrogens with one attached hydrogen (secondary N) is 1. The van der Waals surface area contributed by atoms with E-state index in [1.54, 1.807) is 12.3 Å². The number of fused-ring (bicyclic) bond motifs is 1. The van der Waals surface area contributed by atoms with E-state index in [9.17, 15) is 9.18 Å². The van der Waals surface area contributed by atoms with Crippen molar-refractivity contribution in [2.75, 3.05) is 0 Å². The van der Waals surface area contributed by atoms with Crippen LogP contribution < -0.4 is 0 Å². The normalized spacial score (nSPS) is 11.4. The zero-order valence-electron chi connectivity index (χ0n) is 11.5. The molecule has 0 aliphatic rings. The third-order valence-corrected chi connectivity index (χ3v) is 3.55. The molecule has 102 valence electrons. The number of hydrogen-bond acceptors (Lipinski definition) is 1. The Hall–Kier alpha value is -1.64. The Balaban J connectivity index is 2.34. The van der Waals surface area contributed by atoms with E-state index in [1.165, 1.54) is 12.1 Å². The van der Waals surface area contributed by atoms with Crippen molar-refractivity contribution < 1.29 is 9.18 Å². The molecule has 2 aromatic rings. The van der Waals surface area contributed by atoms with E-state index in [4.69, 9.17) is 0 Å². The molecule has 0 bridgehead atoms. The van der Waals surface area contributed by atoms with E-state index < -0.39 is 0 Å². The molecule has 1 heterocycles. The van der Waals surface area contributed by atoms with Crippen molar-refractivity contribution in [3.63, 3.8) is 0 Å². The highest BCUT2D eigenvalue weighted by Crippen LogP contribution is 2.25. The molecule has 1 N–H and O–H groups in total. The lowest BCUT2D eigenvalue weighted by atomic mass is 9.89. The SMILES string of the molecule is CCCC(CCC)C(=O)c1c[nH]c2cc(F)ccc12. The first-order valence-electron chi connectivity index (χ1n) is 6.98. The van der Waals surface area contributed by atoms with Crippen molar-refractivity contribution >= 4 is 16.7 Å². The molecule has 0 unspecified atom stereocenters. The van der Waals surface area contributed by atoms with Crippen LogP contribution in [0.4, 0.5) is 4.39 Å². The molecule has 2 rings (SSSR count). The van der Waals surface area contributed by atoms with Gasteiger partial charge in [0, 0.05) is 28.6 Å². The molecular weight excluding hydrogens is 241 g/mol. The first-order valence-corrected chi connectivity index (χ1v) is 6.98. The molecule has 0 amide bonds. The van der Waals surface area contributed by atoms with E-state index in [-0.39, 0.29) is 17.5 Å². The minimum absolute atomic E-state index is 0.0825. The predicted molar refractivity (Wildman–Crippen MR) is 75.9 cm³/mol. The van der Waals surface area contributed by atoms with Gasteiger partial charge in [0.1, 0.15) is 5.82 Å². The van der Waals surface area contributed by atoms with Crippen molar-refractivity contribution in [2.24, 2.45) is 5.92 Å². The van der Waals surface area contributed by atoms with Gasteiger partial charge in [0.2, 0.25) is 0 Å². The number of benzene rings is 1. The van der Waals surface area contributed by atoms with Crippen LogP contribution in [0, 0.1) is 11.7 Å². The summed E-state index contributed by atoms with van der Waals surface area (Å²) in [5, 5.41) is 0.823. The van der Waals surface area contributed by atoms with E-state index >= 15 is 0 Å². The van der Waals surface area contributed by atoms with Crippen molar-refractivity contribution in [1.82, 2.24) is 4.98 Å². The minimum atomic E-state index is -0.285. The zero-order valence-corrected chi connectivity index (χ0v) is 11.5. The van der Waals surface area contributed by atoms with Crippen molar-refractivity contribution in [1.29, 1.82) is 0 Å². The molecule has 0 aliphatic carbocycles. The fraction of sp³-hybridized carbons (Fsp3) is 0.438. The number of halogens is 1.